The summed E-state index contributed by atoms with van der Waals surface area (Å²) < 4.78 is 4.73. The van der Waals surface area contributed by atoms with E-state index in [1.807, 2.05) is 0 Å². The lowest BCUT2D eigenvalue weighted by Gasteiger charge is -2.26. The molecule has 0 amide bonds. The average Bonchev–Trinajstić information content (AvgIpc) is 2.29. The van der Waals surface area contributed by atoms with E-state index < -0.39 is 29.7 Å². The van der Waals surface area contributed by atoms with Crippen molar-refractivity contribution in [3.8, 4) is 0 Å². The number of hydrogen-bond acceptors (Lipinski definition) is 4. The van der Waals surface area contributed by atoms with Crippen molar-refractivity contribution in [2.75, 3.05) is 0 Å². The predicted octanol–water partition coefficient (Wildman–Crippen LogP) is 2.23. The number of hydrogen-bond donors (Lipinski definition) is 2. The van der Waals surface area contributed by atoms with Gasteiger partial charge in [-0.25, -0.2) is 0 Å². The number of carbonyl (C=O) groups is 2. The highest BCUT2D eigenvalue weighted by Crippen LogP contribution is 2.31. The lowest BCUT2D eigenvalue weighted by Crippen LogP contribution is -2.33. The van der Waals surface area contributed by atoms with Gasteiger partial charge in [-0.3, -0.25) is 9.59 Å². The van der Waals surface area contributed by atoms with Crippen LogP contribution < -0.4 is 0 Å². The molecule has 2 N–H and O–H groups in total. The van der Waals surface area contributed by atoms with Crippen LogP contribution in [-0.4, -0.2) is 22.2 Å². The Kier molecular flexibility index (Phi) is 5.00. The summed E-state index contributed by atoms with van der Waals surface area (Å²) in [6.07, 6.45) is 4.56. The molecular weight excluding hydrogens is 224 g/mol. The number of carboxylic acids is 1. The zero-order valence-electron chi connectivity index (χ0n) is 9.89. The Labute approximate surface area is 100 Å². The predicted molar refractivity (Wildman–Crippen MR) is 60.2 cm³/mol. The second-order valence-corrected chi connectivity index (χ2v) is 4.21. The highest BCUT2D eigenvalue weighted by Gasteiger charge is 2.37. The first-order chi connectivity index (χ1) is 8.06. The Morgan fingerprint density at radius 2 is 1.82 bits per heavy atom. The molecule has 0 bridgehead atoms. The molecule has 0 aliphatic heterocycles. The molecular formula is C12H18O5. The van der Waals surface area contributed by atoms with Crippen LogP contribution in [0, 0.1) is 11.8 Å². The second-order valence-electron chi connectivity index (χ2n) is 4.21. The largest absolute Gasteiger partial charge is 0.481 e. The van der Waals surface area contributed by atoms with E-state index >= 15 is 0 Å². The molecule has 0 radical (unpaired) electrons. The second kappa shape index (κ2) is 6.27. The van der Waals surface area contributed by atoms with Gasteiger partial charge in [0.1, 0.15) is 0 Å². The fourth-order valence-electron chi connectivity index (χ4n) is 2.10. The number of carbonyl (C=O) groups excluding carboxylic acids is 1. The lowest BCUT2D eigenvalue weighted by molar-refractivity contribution is -0.159. The van der Waals surface area contributed by atoms with E-state index in [9.17, 15) is 14.7 Å². The summed E-state index contributed by atoms with van der Waals surface area (Å²) in [7, 11) is 0. The van der Waals surface area contributed by atoms with Gasteiger partial charge in [0.15, 0.2) is 0 Å². The molecule has 0 saturated heterocycles. The summed E-state index contributed by atoms with van der Waals surface area (Å²) in [5.41, 5.74) is 0. The number of rotatable bonds is 4. The number of allylic oxidation sites excluding steroid dienone is 1. The van der Waals surface area contributed by atoms with E-state index in [1.165, 1.54) is 6.08 Å². The Hall–Kier alpha value is -1.52. The van der Waals surface area contributed by atoms with Gasteiger partial charge in [0, 0.05) is 0 Å². The molecule has 2 unspecified atom stereocenters. The van der Waals surface area contributed by atoms with Crippen LogP contribution in [0.2, 0.25) is 0 Å². The highest BCUT2D eigenvalue weighted by atomic mass is 16.6. The first-order valence-corrected chi connectivity index (χ1v) is 5.89. The molecule has 1 fully saturated rings. The SMILES string of the molecule is CCC=C(O)OC(=O)C1CCCCC1C(=O)O. The summed E-state index contributed by atoms with van der Waals surface area (Å²) in [6.45, 7) is 1.80. The zero-order chi connectivity index (χ0) is 12.8. The van der Waals surface area contributed by atoms with Gasteiger partial charge in [0.2, 0.25) is 0 Å². The molecule has 0 spiro atoms. The van der Waals surface area contributed by atoms with Gasteiger partial charge < -0.3 is 14.9 Å². The number of esters is 1. The van der Waals surface area contributed by atoms with Gasteiger partial charge in [-0.1, -0.05) is 19.8 Å². The molecule has 17 heavy (non-hydrogen) atoms. The highest BCUT2D eigenvalue weighted by molar-refractivity contribution is 5.81. The van der Waals surface area contributed by atoms with Crippen LogP contribution in [0.15, 0.2) is 12.0 Å². The molecule has 2 atom stereocenters. The molecule has 0 aromatic heterocycles. The van der Waals surface area contributed by atoms with E-state index in [4.69, 9.17) is 9.84 Å². The van der Waals surface area contributed by atoms with Crippen molar-refractivity contribution in [1.82, 2.24) is 0 Å². The van der Waals surface area contributed by atoms with Gasteiger partial charge in [-0.15, -0.1) is 0 Å². The van der Waals surface area contributed by atoms with Gasteiger partial charge >= 0.3 is 11.9 Å². The maximum absolute atomic E-state index is 11.7. The molecule has 0 aromatic rings. The maximum Gasteiger partial charge on any atom is 0.317 e. The minimum absolute atomic E-state index is 0.438. The van der Waals surface area contributed by atoms with Crippen LogP contribution in [0.4, 0.5) is 0 Å². The van der Waals surface area contributed by atoms with E-state index in [-0.39, 0.29) is 0 Å². The molecule has 5 nitrogen and oxygen atoms in total. The van der Waals surface area contributed by atoms with Gasteiger partial charge in [-0.2, -0.15) is 0 Å². The summed E-state index contributed by atoms with van der Waals surface area (Å²) in [4.78, 5) is 22.7. The third-order valence-corrected chi connectivity index (χ3v) is 2.97. The molecule has 0 aromatic carbocycles. The van der Waals surface area contributed by atoms with Crippen LogP contribution in [0.1, 0.15) is 39.0 Å². The van der Waals surface area contributed by atoms with Crippen molar-refractivity contribution in [3.05, 3.63) is 12.0 Å². The van der Waals surface area contributed by atoms with Gasteiger partial charge in [-0.05, 0) is 25.3 Å². The molecule has 1 aliphatic rings. The number of aliphatic carboxylic acids is 1. The Balaban J connectivity index is 2.65. The summed E-state index contributed by atoms with van der Waals surface area (Å²) >= 11 is 0. The van der Waals surface area contributed by atoms with Crippen molar-refractivity contribution in [2.45, 2.75) is 39.0 Å². The smallest absolute Gasteiger partial charge is 0.317 e. The third-order valence-electron chi connectivity index (χ3n) is 2.97. The van der Waals surface area contributed by atoms with Crippen molar-refractivity contribution in [1.29, 1.82) is 0 Å². The first-order valence-electron chi connectivity index (χ1n) is 5.89. The van der Waals surface area contributed by atoms with Crippen molar-refractivity contribution < 1.29 is 24.5 Å². The topological polar surface area (TPSA) is 83.8 Å². The molecule has 5 heteroatoms. The minimum atomic E-state index is -0.967. The number of aliphatic hydroxyl groups excluding tert-OH is 1. The van der Waals surface area contributed by atoms with Gasteiger partial charge in [0.05, 0.1) is 11.8 Å². The molecule has 1 rings (SSSR count). The Bertz CT molecular complexity index is 321. The van der Waals surface area contributed by atoms with Crippen LogP contribution in [0.25, 0.3) is 0 Å². The summed E-state index contributed by atoms with van der Waals surface area (Å²) in [5, 5.41) is 18.3. The van der Waals surface area contributed by atoms with E-state index in [0.29, 0.717) is 19.3 Å². The van der Waals surface area contributed by atoms with Crippen molar-refractivity contribution in [2.24, 2.45) is 11.8 Å². The number of aliphatic hydroxyl groups is 1. The number of ether oxygens (including phenoxy) is 1. The minimum Gasteiger partial charge on any atom is -0.481 e. The van der Waals surface area contributed by atoms with Crippen LogP contribution in [0.3, 0.4) is 0 Å². The van der Waals surface area contributed by atoms with Crippen LogP contribution in [0.5, 0.6) is 0 Å². The normalized spacial score (nSPS) is 25.4. The third kappa shape index (κ3) is 3.76. The van der Waals surface area contributed by atoms with Crippen molar-refractivity contribution >= 4 is 11.9 Å². The fraction of sp³-hybridized carbons (Fsp3) is 0.667. The fourth-order valence-corrected chi connectivity index (χ4v) is 2.10. The van der Waals surface area contributed by atoms with E-state index in [2.05, 4.69) is 0 Å². The zero-order valence-corrected chi connectivity index (χ0v) is 9.89. The van der Waals surface area contributed by atoms with Crippen molar-refractivity contribution in [3.63, 3.8) is 0 Å². The maximum atomic E-state index is 11.7. The monoisotopic (exact) mass is 242 g/mol. The molecule has 96 valence electrons. The summed E-state index contributed by atoms with van der Waals surface area (Å²) in [6, 6.07) is 0. The first kappa shape index (κ1) is 13.5. The van der Waals surface area contributed by atoms with Crippen LogP contribution in [-0.2, 0) is 14.3 Å². The molecule has 1 aliphatic carbocycles. The lowest BCUT2D eigenvalue weighted by atomic mass is 9.79. The van der Waals surface area contributed by atoms with E-state index in [1.54, 1.807) is 6.92 Å². The quantitative estimate of drug-likeness (QED) is 0.583. The average molecular weight is 242 g/mol. The van der Waals surface area contributed by atoms with Crippen LogP contribution >= 0.6 is 0 Å². The van der Waals surface area contributed by atoms with E-state index in [0.717, 1.165) is 12.8 Å². The standard InChI is InChI=1S/C12H18O5/c1-2-5-10(13)17-12(16)9-7-4-3-6-8(9)11(14)15/h5,8-9,13H,2-4,6-7H2,1H3,(H,14,15). The number of carboxylic acid groups (broad SMARTS) is 1. The Morgan fingerprint density at radius 3 is 2.35 bits per heavy atom. The molecule has 1 saturated carbocycles. The molecule has 0 heterocycles. The summed E-state index contributed by atoms with van der Waals surface area (Å²) in [5.74, 6) is -3.38. The van der Waals surface area contributed by atoms with Gasteiger partial charge in [0.25, 0.3) is 5.95 Å². The Morgan fingerprint density at radius 1 is 1.24 bits per heavy atom.